The number of ether oxygens (including phenoxy) is 1. The molecule has 21 heavy (non-hydrogen) atoms. The van der Waals surface area contributed by atoms with Gasteiger partial charge < -0.3 is 20.3 Å². The summed E-state index contributed by atoms with van der Waals surface area (Å²) in [6.07, 6.45) is 3.53. The lowest BCUT2D eigenvalue weighted by molar-refractivity contribution is -0.140. The average Bonchev–Trinajstić information content (AvgIpc) is 2.54. The smallest absolute Gasteiger partial charge is 0.325 e. The summed E-state index contributed by atoms with van der Waals surface area (Å²) >= 11 is 0. The number of rotatable bonds is 6. The van der Waals surface area contributed by atoms with Crippen molar-refractivity contribution in [2.45, 2.75) is 26.2 Å². The van der Waals surface area contributed by atoms with E-state index in [1.807, 2.05) is 0 Å². The van der Waals surface area contributed by atoms with Crippen LogP contribution in [0.2, 0.25) is 0 Å². The van der Waals surface area contributed by atoms with Crippen LogP contribution in [0.4, 0.5) is 17.8 Å². The lowest BCUT2D eigenvalue weighted by Crippen LogP contribution is -2.31. The number of hydrogen-bond donors (Lipinski definition) is 2. The first-order valence-corrected chi connectivity index (χ1v) is 7.31. The summed E-state index contributed by atoms with van der Waals surface area (Å²) in [6, 6.07) is 0. The van der Waals surface area contributed by atoms with Gasteiger partial charge >= 0.3 is 5.97 Å². The van der Waals surface area contributed by atoms with Crippen molar-refractivity contribution in [1.29, 1.82) is 0 Å². The summed E-state index contributed by atoms with van der Waals surface area (Å²) in [5, 5.41) is 5.79. The van der Waals surface area contributed by atoms with Gasteiger partial charge in [-0.1, -0.05) is 0 Å². The van der Waals surface area contributed by atoms with Crippen LogP contribution in [-0.4, -0.2) is 54.2 Å². The molecule has 0 atom stereocenters. The van der Waals surface area contributed by atoms with E-state index < -0.39 is 0 Å². The van der Waals surface area contributed by atoms with Crippen molar-refractivity contribution < 1.29 is 9.53 Å². The maximum Gasteiger partial charge on any atom is 0.325 e. The van der Waals surface area contributed by atoms with E-state index in [9.17, 15) is 4.79 Å². The third kappa shape index (κ3) is 4.44. The second-order valence-corrected chi connectivity index (χ2v) is 4.74. The van der Waals surface area contributed by atoms with Crippen molar-refractivity contribution in [2.75, 3.05) is 48.8 Å². The van der Waals surface area contributed by atoms with Crippen molar-refractivity contribution in [3.8, 4) is 0 Å². The van der Waals surface area contributed by atoms with Gasteiger partial charge in [0.05, 0.1) is 6.61 Å². The molecule has 0 aromatic carbocycles. The van der Waals surface area contributed by atoms with Crippen molar-refractivity contribution in [1.82, 2.24) is 15.0 Å². The zero-order valence-electron chi connectivity index (χ0n) is 12.6. The number of esters is 1. The fraction of sp³-hybridized carbons (Fsp3) is 0.692. The predicted molar refractivity (Wildman–Crippen MR) is 80.6 cm³/mol. The Morgan fingerprint density at radius 3 is 2.57 bits per heavy atom. The number of hydrogen-bond acceptors (Lipinski definition) is 8. The minimum absolute atomic E-state index is 0.0421. The van der Waals surface area contributed by atoms with Gasteiger partial charge in [-0.2, -0.15) is 15.0 Å². The Hall–Kier alpha value is -2.12. The zero-order valence-corrected chi connectivity index (χ0v) is 12.6. The van der Waals surface area contributed by atoms with Crippen molar-refractivity contribution in [2.24, 2.45) is 0 Å². The van der Waals surface area contributed by atoms with Gasteiger partial charge in [-0.15, -0.1) is 0 Å². The van der Waals surface area contributed by atoms with Gasteiger partial charge in [-0.3, -0.25) is 4.79 Å². The molecular weight excluding hydrogens is 272 g/mol. The van der Waals surface area contributed by atoms with Gasteiger partial charge in [0.25, 0.3) is 0 Å². The molecule has 1 aromatic heterocycles. The molecule has 0 radical (unpaired) electrons. The van der Waals surface area contributed by atoms with Crippen LogP contribution < -0.4 is 15.5 Å². The number of carbonyl (C=O) groups is 1. The second-order valence-electron chi connectivity index (χ2n) is 4.74. The molecule has 0 amide bonds. The van der Waals surface area contributed by atoms with Crippen LogP contribution in [0.1, 0.15) is 26.2 Å². The number of nitrogens with one attached hydrogen (secondary N) is 2. The number of nitrogens with zero attached hydrogens (tertiary/aromatic N) is 4. The summed E-state index contributed by atoms with van der Waals surface area (Å²) in [7, 11) is 1.75. The molecule has 1 saturated heterocycles. The Morgan fingerprint density at radius 2 is 1.90 bits per heavy atom. The standard InChI is InChI=1S/C13H22N6O2/c1-3-21-10(20)9-15-12-16-11(14-2)17-13(18-12)19-7-5-4-6-8-19/h3-9H2,1-2H3,(H2,14,15,16,17,18). The molecule has 8 heteroatoms. The lowest BCUT2D eigenvalue weighted by atomic mass is 10.1. The zero-order chi connectivity index (χ0) is 15.1. The minimum atomic E-state index is -0.330. The number of aromatic nitrogens is 3. The SMILES string of the molecule is CCOC(=O)CNc1nc(NC)nc(N2CCCCC2)n1. The molecule has 0 spiro atoms. The Balaban J connectivity index is 2.07. The summed E-state index contributed by atoms with van der Waals surface area (Å²) in [5.41, 5.74) is 0. The Kier molecular flexibility index (Phi) is 5.53. The van der Waals surface area contributed by atoms with E-state index >= 15 is 0 Å². The molecule has 116 valence electrons. The highest BCUT2D eigenvalue weighted by atomic mass is 16.5. The highest BCUT2D eigenvalue weighted by molar-refractivity contribution is 5.74. The maximum atomic E-state index is 11.4. The van der Waals surface area contributed by atoms with Crippen LogP contribution in [-0.2, 0) is 9.53 Å². The van der Waals surface area contributed by atoms with Crippen molar-refractivity contribution >= 4 is 23.8 Å². The molecule has 2 rings (SSSR count). The third-order valence-corrected chi connectivity index (χ3v) is 3.18. The molecule has 1 aliphatic heterocycles. The maximum absolute atomic E-state index is 11.4. The number of piperidine rings is 1. The average molecular weight is 294 g/mol. The molecule has 1 aromatic rings. The summed E-state index contributed by atoms with van der Waals surface area (Å²) in [5.74, 6) is 1.17. The van der Waals surface area contributed by atoms with Gasteiger partial charge in [0.1, 0.15) is 6.54 Å². The molecule has 2 heterocycles. The Labute approximate surface area is 124 Å². The third-order valence-electron chi connectivity index (χ3n) is 3.18. The first-order valence-electron chi connectivity index (χ1n) is 7.31. The van der Waals surface area contributed by atoms with Gasteiger partial charge in [0.15, 0.2) is 0 Å². The molecule has 1 aliphatic rings. The highest BCUT2D eigenvalue weighted by Crippen LogP contribution is 2.18. The van der Waals surface area contributed by atoms with Crippen LogP contribution >= 0.6 is 0 Å². The quantitative estimate of drug-likeness (QED) is 0.747. The Morgan fingerprint density at radius 1 is 1.19 bits per heavy atom. The highest BCUT2D eigenvalue weighted by Gasteiger charge is 2.16. The van der Waals surface area contributed by atoms with Crippen LogP contribution in [0.15, 0.2) is 0 Å². The van der Waals surface area contributed by atoms with Crippen molar-refractivity contribution in [3.63, 3.8) is 0 Å². The van der Waals surface area contributed by atoms with Gasteiger partial charge in [-0.05, 0) is 26.2 Å². The van der Waals surface area contributed by atoms with Gasteiger partial charge in [0.2, 0.25) is 17.8 Å². The molecule has 0 saturated carbocycles. The molecule has 8 nitrogen and oxygen atoms in total. The van der Waals surface area contributed by atoms with E-state index in [0.29, 0.717) is 24.5 Å². The minimum Gasteiger partial charge on any atom is -0.465 e. The topological polar surface area (TPSA) is 92.3 Å². The summed E-state index contributed by atoms with van der Waals surface area (Å²) in [6.45, 7) is 4.07. The van der Waals surface area contributed by atoms with Crippen LogP contribution in [0, 0.1) is 0 Å². The van der Waals surface area contributed by atoms with Crippen LogP contribution in [0.5, 0.6) is 0 Å². The monoisotopic (exact) mass is 294 g/mol. The second kappa shape index (κ2) is 7.61. The predicted octanol–water partition coefficient (Wildman–Crippen LogP) is 0.879. The van der Waals surface area contributed by atoms with E-state index in [4.69, 9.17) is 4.74 Å². The molecule has 2 N–H and O–H groups in total. The number of anilines is 3. The molecule has 0 aliphatic carbocycles. The Bertz CT molecular complexity index is 476. The van der Waals surface area contributed by atoms with E-state index in [1.165, 1.54) is 6.42 Å². The van der Waals surface area contributed by atoms with Crippen LogP contribution in [0.3, 0.4) is 0 Å². The first-order chi connectivity index (χ1) is 10.2. The van der Waals surface area contributed by atoms with E-state index in [-0.39, 0.29) is 12.5 Å². The fourth-order valence-corrected chi connectivity index (χ4v) is 2.15. The molecule has 0 bridgehead atoms. The van der Waals surface area contributed by atoms with Gasteiger partial charge in [-0.25, -0.2) is 0 Å². The lowest BCUT2D eigenvalue weighted by Gasteiger charge is -2.26. The molecule has 1 fully saturated rings. The van der Waals surface area contributed by atoms with Crippen molar-refractivity contribution in [3.05, 3.63) is 0 Å². The van der Waals surface area contributed by atoms with Gasteiger partial charge in [0, 0.05) is 20.1 Å². The number of carbonyl (C=O) groups excluding carboxylic acids is 1. The molecular formula is C13H22N6O2. The van der Waals surface area contributed by atoms with E-state index in [2.05, 4.69) is 30.5 Å². The largest absolute Gasteiger partial charge is 0.465 e. The normalized spacial score (nSPS) is 14.7. The molecule has 0 unspecified atom stereocenters. The first kappa shape index (κ1) is 15.3. The summed E-state index contributed by atoms with van der Waals surface area (Å²) < 4.78 is 4.87. The van der Waals surface area contributed by atoms with E-state index in [1.54, 1.807) is 14.0 Å². The summed E-state index contributed by atoms with van der Waals surface area (Å²) in [4.78, 5) is 26.5. The van der Waals surface area contributed by atoms with E-state index in [0.717, 1.165) is 25.9 Å². The van der Waals surface area contributed by atoms with Crippen LogP contribution in [0.25, 0.3) is 0 Å². The fourth-order valence-electron chi connectivity index (χ4n) is 2.15.